The average Bonchev–Trinajstić information content (AvgIpc) is 1.88. The number of nitrogens with zero attached hydrogens (tertiary/aromatic N) is 1. The summed E-state index contributed by atoms with van der Waals surface area (Å²) in [6.45, 7) is 1.67. The van der Waals surface area contributed by atoms with Crippen molar-refractivity contribution in [3.63, 3.8) is 0 Å². The van der Waals surface area contributed by atoms with E-state index in [1.54, 1.807) is 6.92 Å². The van der Waals surface area contributed by atoms with E-state index in [0.29, 0.717) is 0 Å². The molecule has 0 aromatic rings. The molecule has 0 aliphatic carbocycles. The van der Waals surface area contributed by atoms with Gasteiger partial charge < -0.3 is 5.73 Å². The Hall–Kier alpha value is -0.830. The van der Waals surface area contributed by atoms with Crippen LogP contribution in [0, 0.1) is 0 Å². The SMILES string of the molecule is CC=C(C(N)=O)C(Cl)=NC. The summed E-state index contributed by atoms with van der Waals surface area (Å²) in [7, 11) is 1.49. The van der Waals surface area contributed by atoms with E-state index in [2.05, 4.69) is 4.99 Å². The summed E-state index contributed by atoms with van der Waals surface area (Å²) in [6, 6.07) is 0. The molecule has 0 atom stereocenters. The molecule has 0 unspecified atom stereocenters. The number of hydrogen-bond acceptors (Lipinski definition) is 2. The number of hydrogen-bond donors (Lipinski definition) is 1. The van der Waals surface area contributed by atoms with Crippen LogP contribution in [0.2, 0.25) is 0 Å². The second-order valence-electron chi connectivity index (χ2n) is 1.58. The number of amides is 1. The molecule has 0 fully saturated rings. The van der Waals surface area contributed by atoms with Gasteiger partial charge in [-0.2, -0.15) is 0 Å². The van der Waals surface area contributed by atoms with Crippen molar-refractivity contribution in [1.29, 1.82) is 0 Å². The normalized spacial score (nSPS) is 13.5. The zero-order valence-electron chi connectivity index (χ0n) is 5.89. The van der Waals surface area contributed by atoms with Crippen LogP contribution in [0.15, 0.2) is 16.6 Å². The molecular formula is C6H9ClN2O. The molecule has 0 bridgehead atoms. The molecule has 3 nitrogen and oxygen atoms in total. The first kappa shape index (κ1) is 9.17. The van der Waals surface area contributed by atoms with E-state index in [1.807, 2.05) is 0 Å². The van der Waals surface area contributed by atoms with Crippen LogP contribution in [0.5, 0.6) is 0 Å². The minimum atomic E-state index is -0.557. The van der Waals surface area contributed by atoms with Crippen LogP contribution in [-0.2, 0) is 4.79 Å². The molecular weight excluding hydrogens is 152 g/mol. The van der Waals surface area contributed by atoms with E-state index in [0.717, 1.165) is 0 Å². The predicted octanol–water partition coefficient (Wildman–Crippen LogP) is 0.685. The Morgan fingerprint density at radius 2 is 2.20 bits per heavy atom. The highest BCUT2D eigenvalue weighted by molar-refractivity contribution is 6.72. The Bertz CT molecular complexity index is 196. The smallest absolute Gasteiger partial charge is 0.251 e. The molecule has 0 aliphatic heterocycles. The van der Waals surface area contributed by atoms with Gasteiger partial charge in [-0.25, -0.2) is 0 Å². The maximum absolute atomic E-state index is 10.5. The topological polar surface area (TPSA) is 55.5 Å². The zero-order chi connectivity index (χ0) is 8.15. The summed E-state index contributed by atoms with van der Waals surface area (Å²) in [5, 5.41) is 0.148. The van der Waals surface area contributed by atoms with Gasteiger partial charge in [-0.05, 0) is 6.92 Å². The lowest BCUT2D eigenvalue weighted by Crippen LogP contribution is -2.17. The monoisotopic (exact) mass is 160 g/mol. The van der Waals surface area contributed by atoms with Crippen LogP contribution in [0.25, 0.3) is 0 Å². The van der Waals surface area contributed by atoms with Crippen LogP contribution in [-0.4, -0.2) is 18.1 Å². The number of primary amides is 1. The van der Waals surface area contributed by atoms with E-state index in [1.165, 1.54) is 13.1 Å². The third-order valence-corrected chi connectivity index (χ3v) is 1.35. The van der Waals surface area contributed by atoms with E-state index in [-0.39, 0.29) is 10.7 Å². The molecule has 0 aromatic carbocycles. The van der Waals surface area contributed by atoms with Crippen molar-refractivity contribution < 1.29 is 4.79 Å². The lowest BCUT2D eigenvalue weighted by Gasteiger charge is -1.95. The number of aliphatic imine (C=N–C) groups is 1. The van der Waals surface area contributed by atoms with Gasteiger partial charge in [0, 0.05) is 7.05 Å². The van der Waals surface area contributed by atoms with E-state index in [4.69, 9.17) is 17.3 Å². The van der Waals surface area contributed by atoms with Crippen molar-refractivity contribution in [2.24, 2.45) is 10.7 Å². The summed E-state index contributed by atoms with van der Waals surface area (Å²) in [6.07, 6.45) is 1.53. The maximum atomic E-state index is 10.5. The van der Waals surface area contributed by atoms with Crippen LogP contribution < -0.4 is 5.73 Å². The van der Waals surface area contributed by atoms with Gasteiger partial charge in [0.1, 0.15) is 5.17 Å². The third-order valence-electron chi connectivity index (χ3n) is 0.973. The second-order valence-corrected chi connectivity index (χ2v) is 1.94. The van der Waals surface area contributed by atoms with Gasteiger partial charge in [-0.1, -0.05) is 17.7 Å². The fraction of sp³-hybridized carbons (Fsp3) is 0.333. The highest BCUT2D eigenvalue weighted by Gasteiger charge is 2.07. The summed E-state index contributed by atoms with van der Waals surface area (Å²) < 4.78 is 0. The number of carbonyl (C=O) groups excluding carboxylic acids is 1. The molecule has 4 heteroatoms. The molecule has 1 amide bonds. The third kappa shape index (κ3) is 2.19. The Labute approximate surface area is 64.6 Å². The highest BCUT2D eigenvalue weighted by Crippen LogP contribution is 2.00. The van der Waals surface area contributed by atoms with Crippen molar-refractivity contribution in [3.05, 3.63) is 11.6 Å². The maximum Gasteiger partial charge on any atom is 0.251 e. The standard InChI is InChI=1S/C6H9ClN2O/c1-3-4(6(8)10)5(7)9-2/h3H,1-2H3,(H2,8,10). The molecule has 0 saturated heterocycles. The van der Waals surface area contributed by atoms with Crippen LogP contribution in [0.4, 0.5) is 0 Å². The molecule has 0 radical (unpaired) electrons. The first-order valence-electron chi connectivity index (χ1n) is 2.72. The van der Waals surface area contributed by atoms with E-state index < -0.39 is 5.91 Å². The number of rotatable bonds is 2. The first-order valence-corrected chi connectivity index (χ1v) is 3.10. The van der Waals surface area contributed by atoms with E-state index in [9.17, 15) is 4.79 Å². The highest BCUT2D eigenvalue weighted by atomic mass is 35.5. The number of halogens is 1. The van der Waals surface area contributed by atoms with Crippen molar-refractivity contribution in [2.45, 2.75) is 6.92 Å². The number of allylic oxidation sites excluding steroid dienone is 1. The molecule has 0 saturated carbocycles. The van der Waals surface area contributed by atoms with Crippen LogP contribution in [0.3, 0.4) is 0 Å². The van der Waals surface area contributed by atoms with Crippen molar-refractivity contribution in [1.82, 2.24) is 0 Å². The van der Waals surface area contributed by atoms with Crippen molar-refractivity contribution in [2.75, 3.05) is 7.05 Å². The molecule has 0 aliphatic rings. The summed E-state index contributed by atoms with van der Waals surface area (Å²) in [5.74, 6) is -0.557. The molecule has 0 heterocycles. The summed E-state index contributed by atoms with van der Waals surface area (Å²) in [5.41, 5.74) is 5.21. The molecule has 0 rings (SSSR count). The Balaban J connectivity index is 4.56. The predicted molar refractivity (Wildman–Crippen MR) is 42.2 cm³/mol. The largest absolute Gasteiger partial charge is 0.366 e. The first-order chi connectivity index (χ1) is 4.63. The van der Waals surface area contributed by atoms with Gasteiger partial charge in [0.05, 0.1) is 5.57 Å². The molecule has 2 N–H and O–H groups in total. The fourth-order valence-electron chi connectivity index (χ4n) is 0.483. The summed E-state index contributed by atoms with van der Waals surface area (Å²) >= 11 is 5.51. The van der Waals surface area contributed by atoms with Gasteiger partial charge in [0.2, 0.25) is 0 Å². The molecule has 0 spiro atoms. The Kier molecular flexibility index (Phi) is 3.72. The Morgan fingerprint density at radius 3 is 2.30 bits per heavy atom. The minimum Gasteiger partial charge on any atom is -0.366 e. The van der Waals surface area contributed by atoms with Gasteiger partial charge in [0.25, 0.3) is 5.91 Å². The van der Waals surface area contributed by atoms with Crippen molar-refractivity contribution in [3.8, 4) is 0 Å². The van der Waals surface area contributed by atoms with Crippen molar-refractivity contribution >= 4 is 22.7 Å². The molecule has 0 aromatic heterocycles. The van der Waals surface area contributed by atoms with Gasteiger partial charge in [0.15, 0.2) is 0 Å². The van der Waals surface area contributed by atoms with Gasteiger partial charge >= 0.3 is 0 Å². The summed E-state index contributed by atoms with van der Waals surface area (Å²) in [4.78, 5) is 14.1. The quantitative estimate of drug-likeness (QED) is 0.469. The molecule has 56 valence electrons. The van der Waals surface area contributed by atoms with E-state index >= 15 is 0 Å². The molecule has 10 heavy (non-hydrogen) atoms. The minimum absolute atomic E-state index is 0.148. The van der Waals surface area contributed by atoms with Gasteiger partial charge in [-0.3, -0.25) is 9.79 Å². The lowest BCUT2D eigenvalue weighted by atomic mass is 10.2. The Morgan fingerprint density at radius 1 is 1.70 bits per heavy atom. The second kappa shape index (κ2) is 4.06. The lowest BCUT2D eigenvalue weighted by molar-refractivity contribution is -0.114. The average molecular weight is 161 g/mol. The number of nitrogens with two attached hydrogens (primary N) is 1. The van der Waals surface area contributed by atoms with Gasteiger partial charge in [-0.15, -0.1) is 0 Å². The van der Waals surface area contributed by atoms with Crippen LogP contribution >= 0.6 is 11.6 Å². The zero-order valence-corrected chi connectivity index (χ0v) is 6.64. The number of carbonyl (C=O) groups is 1. The van der Waals surface area contributed by atoms with Crippen LogP contribution in [0.1, 0.15) is 6.92 Å². The fourth-order valence-corrected chi connectivity index (χ4v) is 0.686.